The van der Waals surface area contributed by atoms with Gasteiger partial charge in [-0.05, 0) is 57.0 Å². The van der Waals surface area contributed by atoms with Gasteiger partial charge in [-0.3, -0.25) is 9.79 Å². The standard InChI is InChI=1S/C22H27N3O3S/c1-4-27-17-10-11-19(28-5-2)18(14-17)24-20(26)15-6-8-16(9-7-15)22(3)12-13-29-21(23)25-22/h6-11,14H,4-5,12-13H2,1-3H3,(H2,23,25)(H,24,26). The Kier molecular flexibility index (Phi) is 6.69. The van der Waals surface area contributed by atoms with Crippen molar-refractivity contribution in [2.45, 2.75) is 32.7 Å². The second kappa shape index (κ2) is 9.22. The van der Waals surface area contributed by atoms with Crippen molar-refractivity contribution in [2.75, 3.05) is 24.3 Å². The highest BCUT2D eigenvalue weighted by atomic mass is 32.2. The number of anilines is 1. The number of hydrogen-bond acceptors (Lipinski definition) is 6. The number of hydrogen-bond donors (Lipinski definition) is 2. The molecule has 1 aliphatic rings. The maximum atomic E-state index is 12.8. The zero-order valence-corrected chi connectivity index (χ0v) is 17.8. The summed E-state index contributed by atoms with van der Waals surface area (Å²) in [6.07, 6.45) is 0.909. The quantitative estimate of drug-likeness (QED) is 0.702. The number of thioether (sulfide) groups is 1. The molecule has 2 aromatic carbocycles. The van der Waals surface area contributed by atoms with Crippen molar-refractivity contribution in [2.24, 2.45) is 10.7 Å². The molecule has 3 rings (SSSR count). The minimum Gasteiger partial charge on any atom is -0.494 e. The fourth-order valence-corrected chi connectivity index (χ4v) is 4.19. The lowest BCUT2D eigenvalue weighted by atomic mass is 9.89. The lowest BCUT2D eigenvalue weighted by Gasteiger charge is -2.29. The van der Waals surface area contributed by atoms with Crippen LogP contribution >= 0.6 is 11.8 Å². The maximum Gasteiger partial charge on any atom is 0.255 e. The van der Waals surface area contributed by atoms with E-state index in [1.54, 1.807) is 23.9 Å². The first kappa shape index (κ1) is 21.0. The van der Waals surface area contributed by atoms with Gasteiger partial charge in [0.05, 0.1) is 24.4 Å². The van der Waals surface area contributed by atoms with Crippen LogP contribution in [0.5, 0.6) is 11.5 Å². The van der Waals surface area contributed by atoms with E-state index < -0.39 is 0 Å². The van der Waals surface area contributed by atoms with E-state index >= 15 is 0 Å². The predicted octanol–water partition coefficient (Wildman–Crippen LogP) is 4.40. The van der Waals surface area contributed by atoms with Crippen molar-refractivity contribution in [1.29, 1.82) is 0 Å². The number of nitrogens with two attached hydrogens (primary N) is 1. The molecule has 1 aliphatic heterocycles. The van der Waals surface area contributed by atoms with Gasteiger partial charge in [0.15, 0.2) is 5.17 Å². The van der Waals surface area contributed by atoms with E-state index in [1.807, 2.05) is 44.2 Å². The van der Waals surface area contributed by atoms with Crippen LogP contribution in [0.1, 0.15) is 43.1 Å². The predicted molar refractivity (Wildman–Crippen MR) is 119 cm³/mol. The van der Waals surface area contributed by atoms with Crippen molar-refractivity contribution >= 4 is 28.5 Å². The molecule has 0 saturated carbocycles. The molecule has 0 aromatic heterocycles. The Morgan fingerprint density at radius 2 is 1.90 bits per heavy atom. The molecule has 1 unspecified atom stereocenters. The molecule has 1 heterocycles. The number of amides is 1. The zero-order valence-electron chi connectivity index (χ0n) is 17.0. The van der Waals surface area contributed by atoms with Gasteiger partial charge >= 0.3 is 0 Å². The minimum atomic E-state index is -0.349. The lowest BCUT2D eigenvalue weighted by Crippen LogP contribution is -2.28. The van der Waals surface area contributed by atoms with Gasteiger partial charge in [-0.15, -0.1) is 0 Å². The van der Waals surface area contributed by atoms with Gasteiger partial charge in [0.25, 0.3) is 5.91 Å². The smallest absolute Gasteiger partial charge is 0.255 e. The fraction of sp³-hybridized carbons (Fsp3) is 0.364. The van der Waals surface area contributed by atoms with Crippen molar-refractivity contribution in [3.63, 3.8) is 0 Å². The van der Waals surface area contributed by atoms with Gasteiger partial charge in [0, 0.05) is 17.4 Å². The Balaban J connectivity index is 1.79. The van der Waals surface area contributed by atoms with Gasteiger partial charge in [-0.25, -0.2) is 0 Å². The number of nitrogens with zero attached hydrogens (tertiary/aromatic N) is 1. The summed E-state index contributed by atoms with van der Waals surface area (Å²) in [6, 6.07) is 12.9. The van der Waals surface area contributed by atoms with Crippen LogP contribution in [-0.4, -0.2) is 30.0 Å². The van der Waals surface area contributed by atoms with Crippen LogP contribution in [0.15, 0.2) is 47.5 Å². The first-order valence-corrected chi connectivity index (χ1v) is 10.7. The summed E-state index contributed by atoms with van der Waals surface area (Å²) in [7, 11) is 0. The molecule has 0 radical (unpaired) electrons. The third-order valence-corrected chi connectivity index (χ3v) is 5.57. The molecular weight excluding hydrogens is 386 g/mol. The monoisotopic (exact) mass is 413 g/mol. The highest BCUT2D eigenvalue weighted by Gasteiger charge is 2.29. The summed E-state index contributed by atoms with van der Waals surface area (Å²) in [6.45, 7) is 6.95. The molecule has 3 N–H and O–H groups in total. The van der Waals surface area contributed by atoms with Crippen LogP contribution < -0.4 is 20.5 Å². The van der Waals surface area contributed by atoms with Crippen LogP contribution in [0.2, 0.25) is 0 Å². The zero-order chi connectivity index (χ0) is 20.9. The molecule has 6 nitrogen and oxygen atoms in total. The number of rotatable bonds is 7. The third kappa shape index (κ3) is 5.03. The Morgan fingerprint density at radius 3 is 2.55 bits per heavy atom. The molecule has 0 spiro atoms. The van der Waals surface area contributed by atoms with Crippen molar-refractivity contribution < 1.29 is 14.3 Å². The number of amidine groups is 1. The SMILES string of the molecule is CCOc1ccc(OCC)c(NC(=O)c2ccc(C3(C)CCSC(N)=N3)cc2)c1. The molecular formula is C22H27N3O3S. The van der Waals surface area contributed by atoms with Gasteiger partial charge in [-0.1, -0.05) is 23.9 Å². The van der Waals surface area contributed by atoms with Gasteiger partial charge < -0.3 is 20.5 Å². The molecule has 0 bridgehead atoms. The van der Waals surface area contributed by atoms with E-state index in [2.05, 4.69) is 17.2 Å². The molecule has 0 fully saturated rings. The molecule has 1 amide bonds. The van der Waals surface area contributed by atoms with E-state index in [4.69, 9.17) is 15.2 Å². The third-order valence-electron chi connectivity index (χ3n) is 4.77. The van der Waals surface area contributed by atoms with Crippen LogP contribution in [0.4, 0.5) is 5.69 Å². The largest absolute Gasteiger partial charge is 0.494 e. The van der Waals surface area contributed by atoms with Crippen molar-refractivity contribution in [1.82, 2.24) is 0 Å². The molecule has 7 heteroatoms. The van der Waals surface area contributed by atoms with Crippen molar-refractivity contribution in [3.05, 3.63) is 53.6 Å². The van der Waals surface area contributed by atoms with E-state index in [-0.39, 0.29) is 11.4 Å². The number of aliphatic imine (C=N–C) groups is 1. The summed E-state index contributed by atoms with van der Waals surface area (Å²) in [5.41, 5.74) is 7.75. The number of benzene rings is 2. The van der Waals surface area contributed by atoms with Crippen LogP contribution in [0, 0.1) is 0 Å². The Bertz CT molecular complexity index is 899. The molecule has 1 atom stereocenters. The summed E-state index contributed by atoms with van der Waals surface area (Å²) in [5.74, 6) is 2.02. The molecule has 29 heavy (non-hydrogen) atoms. The normalized spacial score (nSPS) is 18.7. The molecule has 154 valence electrons. The number of ether oxygens (including phenoxy) is 2. The average molecular weight is 414 g/mol. The Morgan fingerprint density at radius 1 is 1.17 bits per heavy atom. The summed E-state index contributed by atoms with van der Waals surface area (Å²) in [4.78, 5) is 17.4. The fourth-order valence-electron chi connectivity index (χ4n) is 3.21. The van der Waals surface area contributed by atoms with Crippen molar-refractivity contribution in [3.8, 4) is 11.5 Å². The first-order valence-electron chi connectivity index (χ1n) is 9.75. The van der Waals surface area contributed by atoms with Crippen LogP contribution in [-0.2, 0) is 5.54 Å². The number of carbonyl (C=O) groups excluding carboxylic acids is 1. The average Bonchev–Trinajstić information content (AvgIpc) is 2.70. The van der Waals surface area contributed by atoms with Gasteiger partial charge in [0.2, 0.25) is 0 Å². The van der Waals surface area contributed by atoms with Crippen LogP contribution in [0.3, 0.4) is 0 Å². The highest BCUT2D eigenvalue weighted by molar-refractivity contribution is 8.13. The molecule has 0 aliphatic carbocycles. The lowest BCUT2D eigenvalue weighted by molar-refractivity contribution is 0.102. The van der Waals surface area contributed by atoms with Gasteiger partial charge in [0.1, 0.15) is 11.5 Å². The Labute approximate surface area is 175 Å². The van der Waals surface area contributed by atoms with E-state index in [9.17, 15) is 4.79 Å². The topological polar surface area (TPSA) is 85.9 Å². The second-order valence-corrected chi connectivity index (χ2v) is 7.99. The summed E-state index contributed by atoms with van der Waals surface area (Å²) < 4.78 is 11.2. The van der Waals surface area contributed by atoms with E-state index in [0.29, 0.717) is 41.1 Å². The minimum absolute atomic E-state index is 0.210. The molecule has 2 aromatic rings. The Hall–Kier alpha value is -2.67. The maximum absolute atomic E-state index is 12.8. The van der Waals surface area contributed by atoms with E-state index in [1.165, 1.54) is 0 Å². The van der Waals surface area contributed by atoms with Crippen LogP contribution in [0.25, 0.3) is 0 Å². The second-order valence-electron chi connectivity index (χ2n) is 6.88. The number of carbonyl (C=O) groups is 1. The molecule has 0 saturated heterocycles. The first-order chi connectivity index (χ1) is 13.9. The van der Waals surface area contributed by atoms with E-state index in [0.717, 1.165) is 17.7 Å². The van der Waals surface area contributed by atoms with Gasteiger partial charge in [-0.2, -0.15) is 0 Å². The highest BCUT2D eigenvalue weighted by Crippen LogP contribution is 2.35. The summed E-state index contributed by atoms with van der Waals surface area (Å²) in [5, 5.41) is 3.54. The number of nitrogens with one attached hydrogen (secondary N) is 1. The summed E-state index contributed by atoms with van der Waals surface area (Å²) >= 11 is 1.58.